The number of sulfonamides is 1. The molecule has 1 fully saturated rings. The lowest BCUT2D eigenvalue weighted by Gasteiger charge is -2.27. The number of alkyl halides is 3. The Morgan fingerprint density at radius 2 is 1.73 bits per heavy atom. The van der Waals surface area contributed by atoms with Crippen molar-refractivity contribution in [2.45, 2.75) is 6.18 Å². The van der Waals surface area contributed by atoms with Crippen LogP contribution >= 0.6 is 0 Å². The van der Waals surface area contributed by atoms with Crippen molar-refractivity contribution in [2.24, 2.45) is 0 Å². The van der Waals surface area contributed by atoms with Crippen LogP contribution < -0.4 is 9.62 Å². The monoisotopic (exact) mass is 485 g/mol. The van der Waals surface area contributed by atoms with Crippen molar-refractivity contribution < 1.29 is 35.9 Å². The van der Waals surface area contributed by atoms with Gasteiger partial charge in [0.1, 0.15) is 6.54 Å². The van der Waals surface area contributed by atoms with Crippen molar-refractivity contribution in [1.82, 2.24) is 4.90 Å². The molecule has 8 nitrogen and oxygen atoms in total. The molecular formula is C21H22F3N3O5S. The van der Waals surface area contributed by atoms with Crippen LogP contribution in [0.5, 0.6) is 0 Å². The second-order valence-corrected chi connectivity index (χ2v) is 9.25. The minimum Gasteiger partial charge on any atom is -0.378 e. The Balaban J connectivity index is 1.74. The van der Waals surface area contributed by atoms with Crippen molar-refractivity contribution in [3.63, 3.8) is 0 Å². The fourth-order valence-electron chi connectivity index (χ4n) is 3.22. The van der Waals surface area contributed by atoms with E-state index in [1.807, 2.05) is 0 Å². The average molecular weight is 485 g/mol. The number of carbonyl (C=O) groups is 2. The summed E-state index contributed by atoms with van der Waals surface area (Å²) in [6.45, 7) is 1.11. The SMILES string of the molecule is CS(=O)(=O)N(CC(=O)Nc1cccc(C(F)(F)F)c1)c1ccc(C(=O)N2CCOCC2)cc1. The molecule has 0 spiro atoms. The summed E-state index contributed by atoms with van der Waals surface area (Å²) in [4.78, 5) is 26.6. The molecule has 12 heteroatoms. The molecule has 0 atom stereocenters. The molecule has 178 valence electrons. The number of nitrogens with zero attached hydrogens (tertiary/aromatic N) is 2. The van der Waals surface area contributed by atoms with E-state index in [4.69, 9.17) is 4.74 Å². The molecule has 0 aliphatic carbocycles. The van der Waals surface area contributed by atoms with Crippen LogP contribution in [0.2, 0.25) is 0 Å². The maximum atomic E-state index is 12.9. The first kappa shape index (κ1) is 24.5. The highest BCUT2D eigenvalue weighted by Crippen LogP contribution is 2.30. The highest BCUT2D eigenvalue weighted by atomic mass is 32.2. The molecule has 0 aromatic heterocycles. The number of amides is 2. The first-order chi connectivity index (χ1) is 15.4. The fraction of sp³-hybridized carbons (Fsp3) is 0.333. The maximum absolute atomic E-state index is 12.9. The first-order valence-electron chi connectivity index (χ1n) is 9.87. The van der Waals surface area contributed by atoms with Gasteiger partial charge in [0.25, 0.3) is 5.91 Å². The third kappa shape index (κ3) is 6.45. The molecular weight excluding hydrogens is 463 g/mol. The van der Waals surface area contributed by atoms with Gasteiger partial charge in [0.2, 0.25) is 15.9 Å². The van der Waals surface area contributed by atoms with Crippen molar-refractivity contribution >= 4 is 33.2 Å². The van der Waals surface area contributed by atoms with Gasteiger partial charge in [-0.05, 0) is 42.5 Å². The van der Waals surface area contributed by atoms with Crippen LogP contribution in [0.15, 0.2) is 48.5 Å². The van der Waals surface area contributed by atoms with Crippen LogP contribution in [0.1, 0.15) is 15.9 Å². The van der Waals surface area contributed by atoms with Crippen LogP contribution in [0.3, 0.4) is 0 Å². The number of rotatable bonds is 6. The lowest BCUT2D eigenvalue weighted by atomic mass is 10.1. The molecule has 0 bridgehead atoms. The van der Waals surface area contributed by atoms with E-state index in [1.54, 1.807) is 4.90 Å². The maximum Gasteiger partial charge on any atom is 0.416 e. The van der Waals surface area contributed by atoms with Crippen LogP contribution in [-0.4, -0.2) is 64.2 Å². The predicted molar refractivity (Wildman–Crippen MR) is 115 cm³/mol. The number of ether oxygens (including phenoxy) is 1. The van der Waals surface area contributed by atoms with Gasteiger partial charge in [-0.25, -0.2) is 8.42 Å². The van der Waals surface area contributed by atoms with E-state index in [1.165, 1.54) is 30.3 Å². The van der Waals surface area contributed by atoms with E-state index < -0.39 is 34.2 Å². The number of carbonyl (C=O) groups excluding carboxylic acids is 2. The molecule has 0 radical (unpaired) electrons. The van der Waals surface area contributed by atoms with Crippen molar-refractivity contribution in [3.8, 4) is 0 Å². The molecule has 1 saturated heterocycles. The number of nitrogens with one attached hydrogen (secondary N) is 1. The zero-order valence-corrected chi connectivity index (χ0v) is 18.4. The number of halogens is 3. The van der Waals surface area contributed by atoms with E-state index in [-0.39, 0.29) is 17.3 Å². The Labute approximate surface area is 189 Å². The Morgan fingerprint density at radius 1 is 1.09 bits per heavy atom. The van der Waals surface area contributed by atoms with Crippen LogP contribution in [0.4, 0.5) is 24.5 Å². The molecule has 2 aromatic carbocycles. The molecule has 1 N–H and O–H groups in total. The van der Waals surface area contributed by atoms with Gasteiger partial charge in [-0.15, -0.1) is 0 Å². The van der Waals surface area contributed by atoms with Crippen LogP contribution in [-0.2, 0) is 25.7 Å². The number of hydrogen-bond donors (Lipinski definition) is 1. The normalized spacial score (nSPS) is 14.6. The van der Waals surface area contributed by atoms with Gasteiger partial charge in [-0.3, -0.25) is 13.9 Å². The summed E-state index contributed by atoms with van der Waals surface area (Å²) in [5.41, 5.74) is -0.576. The predicted octanol–water partition coefficient (Wildman–Crippen LogP) is 2.58. The van der Waals surface area contributed by atoms with Crippen molar-refractivity contribution in [2.75, 3.05) is 48.7 Å². The highest BCUT2D eigenvalue weighted by molar-refractivity contribution is 7.92. The van der Waals surface area contributed by atoms with Crippen LogP contribution in [0.25, 0.3) is 0 Å². The van der Waals surface area contributed by atoms with Gasteiger partial charge in [-0.2, -0.15) is 13.2 Å². The molecule has 33 heavy (non-hydrogen) atoms. The molecule has 2 aromatic rings. The Hall–Kier alpha value is -3.12. The van der Waals surface area contributed by atoms with Gasteiger partial charge in [0.15, 0.2) is 0 Å². The molecule has 2 amide bonds. The summed E-state index contributed by atoms with van der Waals surface area (Å²) in [5, 5.41) is 2.28. The highest BCUT2D eigenvalue weighted by Gasteiger charge is 2.30. The molecule has 1 aliphatic rings. The third-order valence-corrected chi connectivity index (χ3v) is 6.00. The minimum atomic E-state index is -4.58. The van der Waals surface area contributed by atoms with Gasteiger partial charge >= 0.3 is 6.18 Å². The van der Waals surface area contributed by atoms with Gasteiger partial charge in [0, 0.05) is 24.3 Å². The molecule has 0 unspecified atom stereocenters. The van der Waals surface area contributed by atoms with E-state index in [9.17, 15) is 31.2 Å². The molecule has 1 aliphatic heterocycles. The summed E-state index contributed by atoms with van der Waals surface area (Å²) in [7, 11) is -3.91. The topological polar surface area (TPSA) is 96.0 Å². The van der Waals surface area contributed by atoms with Gasteiger partial charge in [-0.1, -0.05) is 6.07 Å². The average Bonchev–Trinajstić information content (AvgIpc) is 2.76. The summed E-state index contributed by atoms with van der Waals surface area (Å²) >= 11 is 0. The zero-order chi connectivity index (χ0) is 24.2. The quantitative estimate of drug-likeness (QED) is 0.679. The summed E-state index contributed by atoms with van der Waals surface area (Å²) < 4.78 is 69.2. The zero-order valence-electron chi connectivity index (χ0n) is 17.6. The fourth-order valence-corrected chi connectivity index (χ4v) is 4.08. The Morgan fingerprint density at radius 3 is 2.30 bits per heavy atom. The van der Waals surface area contributed by atoms with E-state index in [0.717, 1.165) is 28.8 Å². The smallest absolute Gasteiger partial charge is 0.378 e. The van der Waals surface area contributed by atoms with E-state index in [2.05, 4.69) is 5.32 Å². The second kappa shape index (κ2) is 9.79. The third-order valence-electron chi connectivity index (χ3n) is 4.86. The van der Waals surface area contributed by atoms with Crippen molar-refractivity contribution in [3.05, 3.63) is 59.7 Å². The minimum absolute atomic E-state index is 0.116. The van der Waals surface area contributed by atoms with Crippen molar-refractivity contribution in [1.29, 1.82) is 0 Å². The molecule has 1 heterocycles. The van der Waals surface area contributed by atoms with Gasteiger partial charge < -0.3 is 15.0 Å². The second-order valence-electron chi connectivity index (χ2n) is 7.35. The van der Waals surface area contributed by atoms with Gasteiger partial charge in [0.05, 0.1) is 30.7 Å². The Kier molecular flexibility index (Phi) is 7.28. The summed E-state index contributed by atoms with van der Waals surface area (Å²) in [6.07, 6.45) is -3.68. The van der Waals surface area contributed by atoms with Crippen LogP contribution in [0, 0.1) is 0 Å². The number of benzene rings is 2. The lowest BCUT2D eigenvalue weighted by Crippen LogP contribution is -2.40. The standard InChI is InChI=1S/C21H22F3N3O5S/c1-33(30,31)27(14-19(28)25-17-4-2-3-16(13-17)21(22,23)24)18-7-5-15(6-8-18)20(29)26-9-11-32-12-10-26/h2-8,13H,9-12,14H2,1H3,(H,25,28). The van der Waals surface area contributed by atoms with E-state index in [0.29, 0.717) is 31.9 Å². The largest absolute Gasteiger partial charge is 0.416 e. The van der Waals surface area contributed by atoms with E-state index >= 15 is 0 Å². The number of hydrogen-bond acceptors (Lipinski definition) is 5. The number of morpholine rings is 1. The first-order valence-corrected chi connectivity index (χ1v) is 11.7. The Bertz CT molecular complexity index is 1110. The summed E-state index contributed by atoms with van der Waals surface area (Å²) in [6, 6.07) is 9.72. The molecule has 0 saturated carbocycles. The summed E-state index contributed by atoms with van der Waals surface area (Å²) in [5.74, 6) is -1.05. The number of anilines is 2. The molecule has 3 rings (SSSR count). The lowest BCUT2D eigenvalue weighted by molar-refractivity contribution is -0.137.